The van der Waals surface area contributed by atoms with E-state index in [2.05, 4.69) is 4.98 Å². The smallest absolute Gasteiger partial charge is 0.143 e. The van der Waals surface area contributed by atoms with Crippen LogP contribution in [0.2, 0.25) is 0 Å². The van der Waals surface area contributed by atoms with Gasteiger partial charge in [-0.1, -0.05) is 0 Å². The third-order valence-electron chi connectivity index (χ3n) is 2.13. The van der Waals surface area contributed by atoms with Gasteiger partial charge in [-0.05, 0) is 32.0 Å². The Kier molecular flexibility index (Phi) is 3.43. The summed E-state index contributed by atoms with van der Waals surface area (Å²) in [6.45, 7) is 2.09. The molecular formula is C10H16N2O2. The highest BCUT2D eigenvalue weighted by molar-refractivity contribution is 5.31. The van der Waals surface area contributed by atoms with E-state index in [1.807, 2.05) is 0 Å². The summed E-state index contributed by atoms with van der Waals surface area (Å²) in [4.78, 5) is 4.11. The molecule has 1 unspecified atom stereocenters. The van der Waals surface area contributed by atoms with Crippen LogP contribution in [0.25, 0.3) is 0 Å². The van der Waals surface area contributed by atoms with Gasteiger partial charge in [-0.2, -0.15) is 0 Å². The van der Waals surface area contributed by atoms with E-state index in [4.69, 9.17) is 10.5 Å². The molecule has 0 spiro atoms. The van der Waals surface area contributed by atoms with Crippen molar-refractivity contribution in [1.82, 2.24) is 4.98 Å². The predicted octanol–water partition coefficient (Wildman–Crippen LogP) is 0.647. The normalized spacial score (nSPS) is 14.9. The highest BCUT2D eigenvalue weighted by Crippen LogP contribution is 2.29. The largest absolute Gasteiger partial charge is 0.495 e. The molecule has 0 aliphatic rings. The molecule has 0 aromatic carbocycles. The van der Waals surface area contributed by atoms with Crippen molar-refractivity contribution < 1.29 is 9.84 Å². The number of nitrogens with two attached hydrogens (primary N) is 1. The molecular weight excluding hydrogens is 180 g/mol. The van der Waals surface area contributed by atoms with Crippen LogP contribution in [0.4, 0.5) is 0 Å². The zero-order chi connectivity index (χ0) is 10.6. The van der Waals surface area contributed by atoms with Gasteiger partial charge in [0, 0.05) is 6.20 Å². The highest BCUT2D eigenvalue weighted by atomic mass is 16.5. The number of aliphatic hydroxyl groups is 1. The van der Waals surface area contributed by atoms with E-state index in [9.17, 15) is 5.11 Å². The summed E-state index contributed by atoms with van der Waals surface area (Å²) in [6.07, 6.45) is 2.09. The Balaban J connectivity index is 3.04. The molecule has 0 saturated heterocycles. The summed E-state index contributed by atoms with van der Waals surface area (Å²) in [5, 5.41) is 10.1. The fraction of sp³-hybridized carbons (Fsp3) is 0.500. The first-order valence-corrected chi connectivity index (χ1v) is 4.53. The van der Waals surface area contributed by atoms with E-state index in [1.54, 1.807) is 32.4 Å². The van der Waals surface area contributed by atoms with E-state index >= 15 is 0 Å². The van der Waals surface area contributed by atoms with Crippen LogP contribution in [0.5, 0.6) is 5.75 Å². The van der Waals surface area contributed by atoms with Gasteiger partial charge in [0.25, 0.3) is 0 Å². The van der Waals surface area contributed by atoms with Crippen molar-refractivity contribution in [2.75, 3.05) is 13.7 Å². The van der Waals surface area contributed by atoms with Gasteiger partial charge in [-0.15, -0.1) is 0 Å². The summed E-state index contributed by atoms with van der Waals surface area (Å²) in [5.74, 6) is 0.589. The zero-order valence-corrected chi connectivity index (χ0v) is 8.53. The standard InChI is InChI=1S/C10H16N2O2/c1-10(13,5-6-11)9-8(14-2)4-3-7-12-9/h3-4,7,13H,5-6,11H2,1-2H3. The van der Waals surface area contributed by atoms with Crippen LogP contribution in [0, 0.1) is 0 Å². The topological polar surface area (TPSA) is 68.4 Å². The van der Waals surface area contributed by atoms with Crippen LogP contribution in [-0.2, 0) is 5.60 Å². The van der Waals surface area contributed by atoms with Crippen LogP contribution < -0.4 is 10.5 Å². The first kappa shape index (κ1) is 10.9. The molecule has 0 aliphatic heterocycles. The summed E-state index contributed by atoms with van der Waals surface area (Å²) < 4.78 is 5.11. The fourth-order valence-corrected chi connectivity index (χ4v) is 1.36. The molecule has 0 aliphatic carbocycles. The number of nitrogens with zero attached hydrogens (tertiary/aromatic N) is 1. The molecule has 14 heavy (non-hydrogen) atoms. The van der Waals surface area contributed by atoms with Crippen LogP contribution in [0.3, 0.4) is 0 Å². The Morgan fingerprint density at radius 1 is 1.64 bits per heavy atom. The molecule has 1 heterocycles. The second kappa shape index (κ2) is 4.39. The molecule has 0 radical (unpaired) electrons. The average molecular weight is 196 g/mol. The maximum atomic E-state index is 10.1. The molecule has 1 rings (SSSR count). The van der Waals surface area contributed by atoms with Gasteiger partial charge in [0.1, 0.15) is 17.0 Å². The van der Waals surface area contributed by atoms with Gasteiger partial charge in [-0.25, -0.2) is 0 Å². The van der Waals surface area contributed by atoms with E-state index in [-0.39, 0.29) is 0 Å². The van der Waals surface area contributed by atoms with E-state index in [0.717, 1.165) is 0 Å². The Morgan fingerprint density at radius 3 is 2.93 bits per heavy atom. The highest BCUT2D eigenvalue weighted by Gasteiger charge is 2.27. The van der Waals surface area contributed by atoms with Crippen LogP contribution in [0.1, 0.15) is 19.0 Å². The molecule has 1 aromatic heterocycles. The number of hydrogen-bond donors (Lipinski definition) is 2. The molecule has 78 valence electrons. The van der Waals surface area contributed by atoms with Crippen LogP contribution in [0.15, 0.2) is 18.3 Å². The zero-order valence-electron chi connectivity index (χ0n) is 8.53. The number of pyridine rings is 1. The van der Waals surface area contributed by atoms with Crippen molar-refractivity contribution in [2.45, 2.75) is 18.9 Å². The first-order valence-electron chi connectivity index (χ1n) is 4.53. The van der Waals surface area contributed by atoms with Gasteiger partial charge in [0.2, 0.25) is 0 Å². The van der Waals surface area contributed by atoms with Crippen LogP contribution in [-0.4, -0.2) is 23.7 Å². The summed E-state index contributed by atoms with van der Waals surface area (Å²) in [6, 6.07) is 3.54. The lowest BCUT2D eigenvalue weighted by Gasteiger charge is -2.23. The van der Waals surface area contributed by atoms with Gasteiger partial charge >= 0.3 is 0 Å². The summed E-state index contributed by atoms with van der Waals surface area (Å²) in [5.41, 5.74) is 4.92. The Labute approximate surface area is 83.7 Å². The molecule has 1 aromatic rings. The maximum Gasteiger partial charge on any atom is 0.143 e. The lowest BCUT2D eigenvalue weighted by Crippen LogP contribution is -2.26. The number of aromatic nitrogens is 1. The molecule has 0 bridgehead atoms. The summed E-state index contributed by atoms with van der Waals surface area (Å²) >= 11 is 0. The van der Waals surface area contributed by atoms with Crippen LogP contribution >= 0.6 is 0 Å². The van der Waals surface area contributed by atoms with Crippen molar-refractivity contribution in [2.24, 2.45) is 5.73 Å². The number of rotatable bonds is 4. The van der Waals surface area contributed by atoms with Gasteiger partial charge < -0.3 is 15.6 Å². The summed E-state index contributed by atoms with van der Waals surface area (Å²) in [7, 11) is 1.55. The van der Waals surface area contributed by atoms with Crippen molar-refractivity contribution in [3.63, 3.8) is 0 Å². The molecule has 0 amide bonds. The Morgan fingerprint density at radius 2 is 2.36 bits per heavy atom. The minimum atomic E-state index is -1.03. The monoisotopic (exact) mass is 196 g/mol. The number of ether oxygens (including phenoxy) is 1. The number of methoxy groups -OCH3 is 1. The second-order valence-electron chi connectivity index (χ2n) is 3.37. The molecule has 4 heteroatoms. The lowest BCUT2D eigenvalue weighted by molar-refractivity contribution is 0.0432. The maximum absolute atomic E-state index is 10.1. The second-order valence-corrected chi connectivity index (χ2v) is 3.37. The first-order chi connectivity index (χ1) is 6.61. The quantitative estimate of drug-likeness (QED) is 0.741. The molecule has 0 fully saturated rings. The lowest BCUT2D eigenvalue weighted by atomic mass is 9.97. The van der Waals surface area contributed by atoms with Crippen molar-refractivity contribution in [3.8, 4) is 5.75 Å². The predicted molar refractivity (Wildman–Crippen MR) is 54.0 cm³/mol. The van der Waals surface area contributed by atoms with Crippen molar-refractivity contribution in [3.05, 3.63) is 24.0 Å². The van der Waals surface area contributed by atoms with E-state index in [0.29, 0.717) is 24.4 Å². The molecule has 3 N–H and O–H groups in total. The Bertz CT molecular complexity index is 300. The number of hydrogen-bond acceptors (Lipinski definition) is 4. The fourth-order valence-electron chi connectivity index (χ4n) is 1.36. The Hall–Kier alpha value is -1.13. The van der Waals surface area contributed by atoms with Gasteiger partial charge in [0.15, 0.2) is 0 Å². The SMILES string of the molecule is COc1cccnc1C(C)(O)CCN. The van der Waals surface area contributed by atoms with E-state index in [1.165, 1.54) is 0 Å². The van der Waals surface area contributed by atoms with Crippen molar-refractivity contribution in [1.29, 1.82) is 0 Å². The third-order valence-corrected chi connectivity index (χ3v) is 2.13. The molecule has 4 nitrogen and oxygen atoms in total. The average Bonchev–Trinajstić information content (AvgIpc) is 2.18. The molecule has 1 atom stereocenters. The molecule has 0 saturated carbocycles. The minimum absolute atomic E-state index is 0.409. The third kappa shape index (κ3) is 2.21. The van der Waals surface area contributed by atoms with Gasteiger partial charge in [0.05, 0.1) is 7.11 Å². The minimum Gasteiger partial charge on any atom is -0.495 e. The van der Waals surface area contributed by atoms with Gasteiger partial charge in [-0.3, -0.25) is 4.98 Å². The van der Waals surface area contributed by atoms with E-state index < -0.39 is 5.60 Å². The van der Waals surface area contributed by atoms with Crippen molar-refractivity contribution >= 4 is 0 Å².